The molecule has 0 aliphatic carbocycles. The number of halogens is 4. The first-order chi connectivity index (χ1) is 6.80. The molecule has 102 valence electrons. The van der Waals surface area contributed by atoms with Crippen LogP contribution < -0.4 is 51.9 Å². The highest BCUT2D eigenvalue weighted by Gasteiger charge is 2.56. The minimum Gasteiger partial charge on any atom is -1.00 e. The van der Waals surface area contributed by atoms with Gasteiger partial charge in [-0.25, -0.2) is 14.7 Å². The molecule has 4 aliphatic heterocycles. The first kappa shape index (κ1) is 17.8. The van der Waals surface area contributed by atoms with Crippen molar-refractivity contribution in [2.45, 2.75) is 6.42 Å². The molecule has 4 bridgehead atoms. The molecule has 4 aliphatic rings. The summed E-state index contributed by atoms with van der Waals surface area (Å²) >= 11 is 5.64. The van der Waals surface area contributed by atoms with Crippen LogP contribution in [-0.4, -0.2) is 39.6 Å². The number of allylic oxidation sites excluding steroid dienone is 1. The summed E-state index contributed by atoms with van der Waals surface area (Å²) in [5.74, 6) is 0. The fourth-order valence-electron chi connectivity index (χ4n) is 3.91. The first-order valence-electron chi connectivity index (χ1n) is 5.56. The Morgan fingerprint density at radius 2 is 1.29 bits per heavy atom. The molecule has 0 amide bonds. The van der Waals surface area contributed by atoms with Gasteiger partial charge in [0.15, 0.2) is 0 Å². The Kier molecular flexibility index (Phi) is 7.12. The van der Waals surface area contributed by atoms with Crippen molar-refractivity contribution >= 4 is 11.6 Å². The third-order valence-electron chi connectivity index (χ3n) is 4.01. The second-order valence-electron chi connectivity index (χ2n) is 5.38. The fraction of sp³-hybridized carbons (Fsp3) is 0.800. The third kappa shape index (κ3) is 3.41. The number of nitrogens with one attached hydrogen (secondary N) is 3. The molecule has 4 saturated heterocycles. The summed E-state index contributed by atoms with van der Waals surface area (Å²) in [5.41, 5.74) is 2.26. The highest BCUT2D eigenvalue weighted by atomic mass is 35.5. The van der Waals surface area contributed by atoms with Crippen molar-refractivity contribution in [1.82, 2.24) is 0 Å². The molecular weight excluding hydrogens is 304 g/mol. The predicted molar refractivity (Wildman–Crippen MR) is 54.1 cm³/mol. The number of hydrogen-bond donors (Lipinski definition) is 3. The molecule has 4 fully saturated rings. The molecular formula is C10H19Cl4N3. The Balaban J connectivity index is 0.000000853. The molecule has 0 spiro atoms. The van der Waals surface area contributed by atoms with Gasteiger partial charge in [0.2, 0.25) is 20.0 Å². The average Bonchev–Trinajstić information content (AvgIpc) is 2.12. The van der Waals surface area contributed by atoms with Crippen molar-refractivity contribution in [2.75, 3.05) is 39.6 Å². The van der Waals surface area contributed by atoms with Crippen LogP contribution in [0.4, 0.5) is 0 Å². The zero-order valence-corrected chi connectivity index (χ0v) is 12.6. The van der Waals surface area contributed by atoms with E-state index in [4.69, 9.17) is 11.6 Å². The SMILES string of the molecule is ClC=CCC12C[NH+]3C[NH+](C[NH+](C3)C1)C2.[Cl-].[Cl-].[Cl-]. The van der Waals surface area contributed by atoms with Gasteiger partial charge >= 0.3 is 0 Å². The maximum atomic E-state index is 5.64. The molecule has 4 rings (SSSR count). The Morgan fingerprint density at radius 3 is 1.65 bits per heavy atom. The van der Waals surface area contributed by atoms with E-state index < -0.39 is 0 Å². The van der Waals surface area contributed by atoms with E-state index in [1.54, 1.807) is 5.54 Å². The van der Waals surface area contributed by atoms with Gasteiger partial charge in [-0.3, -0.25) is 0 Å². The van der Waals surface area contributed by atoms with Crippen molar-refractivity contribution < 1.29 is 51.9 Å². The standard InChI is InChI=1S/C10H16ClN3.3ClH/c11-3-1-2-10-4-12-7-13(5-10)9-14(6-10)8-12;;;/h1,3H,2,4-9H2;3*1H. The molecule has 7 heteroatoms. The van der Waals surface area contributed by atoms with Crippen LogP contribution in [0, 0.1) is 5.41 Å². The van der Waals surface area contributed by atoms with Gasteiger partial charge in [-0.2, -0.15) is 0 Å². The van der Waals surface area contributed by atoms with E-state index in [9.17, 15) is 0 Å². The van der Waals surface area contributed by atoms with E-state index in [1.165, 1.54) is 46.1 Å². The highest BCUT2D eigenvalue weighted by molar-refractivity contribution is 6.25. The van der Waals surface area contributed by atoms with Crippen molar-refractivity contribution in [1.29, 1.82) is 0 Å². The van der Waals surface area contributed by atoms with E-state index in [-0.39, 0.29) is 37.2 Å². The van der Waals surface area contributed by atoms with Crippen LogP contribution in [0.5, 0.6) is 0 Å². The lowest BCUT2D eigenvalue weighted by Gasteiger charge is -2.52. The monoisotopic (exact) mass is 321 g/mol. The van der Waals surface area contributed by atoms with Gasteiger partial charge in [0.25, 0.3) is 0 Å². The Bertz CT molecular complexity index is 237. The summed E-state index contributed by atoms with van der Waals surface area (Å²) in [7, 11) is 0. The molecule has 0 unspecified atom stereocenters. The molecule has 0 atom stereocenters. The maximum absolute atomic E-state index is 5.64. The maximum Gasteiger partial charge on any atom is 0.213 e. The molecule has 17 heavy (non-hydrogen) atoms. The largest absolute Gasteiger partial charge is 1.00 e. The Morgan fingerprint density at radius 1 is 0.882 bits per heavy atom. The summed E-state index contributed by atoms with van der Waals surface area (Å²) in [6, 6.07) is 0. The van der Waals surface area contributed by atoms with E-state index in [0.29, 0.717) is 5.41 Å². The number of hydrogen-bond acceptors (Lipinski definition) is 0. The van der Waals surface area contributed by atoms with Crippen LogP contribution in [0.15, 0.2) is 11.6 Å². The van der Waals surface area contributed by atoms with Crippen LogP contribution in [0.25, 0.3) is 0 Å². The van der Waals surface area contributed by atoms with E-state index in [1.807, 2.05) is 14.7 Å². The molecule has 4 heterocycles. The van der Waals surface area contributed by atoms with Crippen LogP contribution in [0.3, 0.4) is 0 Å². The van der Waals surface area contributed by atoms with Gasteiger partial charge in [-0.1, -0.05) is 17.7 Å². The molecule has 0 saturated carbocycles. The lowest BCUT2D eigenvalue weighted by atomic mass is 9.78. The summed E-state index contributed by atoms with van der Waals surface area (Å²) < 4.78 is 0. The van der Waals surface area contributed by atoms with Crippen molar-refractivity contribution in [3.63, 3.8) is 0 Å². The van der Waals surface area contributed by atoms with E-state index in [2.05, 4.69) is 6.08 Å². The summed E-state index contributed by atoms with van der Waals surface area (Å²) in [5, 5.41) is 0. The molecule has 0 aromatic rings. The van der Waals surface area contributed by atoms with Gasteiger partial charge in [0.1, 0.15) is 25.0 Å². The zero-order chi connectivity index (χ0) is 9.60. The van der Waals surface area contributed by atoms with Gasteiger partial charge < -0.3 is 37.2 Å². The summed E-state index contributed by atoms with van der Waals surface area (Å²) in [6.45, 7) is 8.20. The van der Waals surface area contributed by atoms with Gasteiger partial charge in [0, 0.05) is 5.54 Å². The van der Waals surface area contributed by atoms with E-state index >= 15 is 0 Å². The second-order valence-corrected chi connectivity index (χ2v) is 5.63. The smallest absolute Gasteiger partial charge is 0.213 e. The summed E-state index contributed by atoms with van der Waals surface area (Å²) in [6.07, 6.45) is 3.34. The first-order valence-corrected chi connectivity index (χ1v) is 5.99. The highest BCUT2D eigenvalue weighted by Crippen LogP contribution is 2.20. The van der Waals surface area contributed by atoms with Crippen molar-refractivity contribution in [2.24, 2.45) is 5.41 Å². The third-order valence-corrected chi connectivity index (χ3v) is 4.19. The molecule has 3 nitrogen and oxygen atoms in total. The van der Waals surface area contributed by atoms with Crippen LogP contribution in [0.1, 0.15) is 6.42 Å². The number of quaternary nitrogens is 3. The van der Waals surface area contributed by atoms with Crippen LogP contribution in [0.2, 0.25) is 0 Å². The van der Waals surface area contributed by atoms with E-state index in [0.717, 1.165) is 0 Å². The fourth-order valence-corrected chi connectivity index (χ4v) is 4.00. The normalized spacial score (nSPS) is 41.6. The second kappa shape index (κ2) is 6.80. The molecule has 3 N–H and O–H groups in total. The Labute approximate surface area is 126 Å². The minimum atomic E-state index is 0. The predicted octanol–water partition coefficient (Wildman–Crippen LogP) is -12.3. The Hall–Kier alpha value is 0.780. The summed E-state index contributed by atoms with van der Waals surface area (Å²) in [4.78, 5) is 5.42. The molecule has 0 aromatic carbocycles. The zero-order valence-electron chi connectivity index (χ0n) is 9.62. The topological polar surface area (TPSA) is 13.3 Å². The van der Waals surface area contributed by atoms with Crippen LogP contribution in [-0.2, 0) is 0 Å². The molecule has 0 aromatic heterocycles. The minimum absolute atomic E-state index is 0. The quantitative estimate of drug-likeness (QED) is 0.447. The number of rotatable bonds is 2. The lowest BCUT2D eigenvalue weighted by molar-refractivity contribution is -1.30. The van der Waals surface area contributed by atoms with Gasteiger partial charge in [-0.05, 0) is 6.42 Å². The van der Waals surface area contributed by atoms with Crippen LogP contribution >= 0.6 is 11.6 Å². The van der Waals surface area contributed by atoms with Crippen molar-refractivity contribution in [3.05, 3.63) is 11.6 Å². The average molecular weight is 323 g/mol. The lowest BCUT2D eigenvalue weighted by Crippen LogP contribution is -3.55. The van der Waals surface area contributed by atoms with Gasteiger partial charge in [-0.15, -0.1) is 0 Å². The van der Waals surface area contributed by atoms with Gasteiger partial charge in [0.05, 0.1) is 0 Å². The molecule has 0 radical (unpaired) electrons. The van der Waals surface area contributed by atoms with Crippen molar-refractivity contribution in [3.8, 4) is 0 Å².